The number of rotatable bonds is 5. The Labute approximate surface area is 149 Å². The number of primary amides is 1. The highest BCUT2D eigenvalue weighted by Crippen LogP contribution is 2.32. The van der Waals surface area contributed by atoms with Gasteiger partial charge in [0.15, 0.2) is 5.69 Å². The minimum absolute atomic E-state index is 0.0729. The van der Waals surface area contributed by atoms with Gasteiger partial charge in [-0.15, -0.1) is 0 Å². The summed E-state index contributed by atoms with van der Waals surface area (Å²) >= 11 is 0. The van der Waals surface area contributed by atoms with Gasteiger partial charge in [0, 0.05) is 13.1 Å². The van der Waals surface area contributed by atoms with E-state index in [1.165, 1.54) is 0 Å². The van der Waals surface area contributed by atoms with E-state index in [1.54, 1.807) is 7.05 Å². The molecule has 0 bridgehead atoms. The van der Waals surface area contributed by atoms with Crippen LogP contribution in [0.3, 0.4) is 0 Å². The fourth-order valence-corrected chi connectivity index (χ4v) is 3.06. The number of halogens is 3. The number of imidazole rings is 1. The van der Waals surface area contributed by atoms with Crippen LogP contribution in [0.5, 0.6) is 0 Å². The zero-order valence-corrected chi connectivity index (χ0v) is 15.1. The first kappa shape index (κ1) is 20.2. The van der Waals surface area contributed by atoms with E-state index in [9.17, 15) is 22.8 Å². The van der Waals surface area contributed by atoms with Gasteiger partial charge in [-0.3, -0.25) is 9.59 Å². The molecule has 3 N–H and O–H groups in total. The molecular weight excluding hydrogens is 351 g/mol. The van der Waals surface area contributed by atoms with Crippen LogP contribution in [0.15, 0.2) is 0 Å². The van der Waals surface area contributed by atoms with Gasteiger partial charge in [0.2, 0.25) is 11.7 Å². The predicted molar refractivity (Wildman–Crippen MR) is 88.1 cm³/mol. The summed E-state index contributed by atoms with van der Waals surface area (Å²) in [6.45, 7) is 4.59. The van der Waals surface area contributed by atoms with Crippen LogP contribution < -0.4 is 11.1 Å². The molecule has 1 aliphatic heterocycles. The van der Waals surface area contributed by atoms with Crippen LogP contribution in [0.4, 0.5) is 13.2 Å². The normalized spacial score (nSPS) is 16.9. The van der Waals surface area contributed by atoms with Gasteiger partial charge in [-0.25, -0.2) is 4.98 Å². The largest absolute Gasteiger partial charge is 0.449 e. The lowest BCUT2D eigenvalue weighted by Crippen LogP contribution is -2.45. The first-order valence-electron chi connectivity index (χ1n) is 8.46. The van der Waals surface area contributed by atoms with Crippen LogP contribution in [0.25, 0.3) is 0 Å². The van der Waals surface area contributed by atoms with Crippen molar-refractivity contribution in [2.45, 2.75) is 52.0 Å². The molecule has 26 heavy (non-hydrogen) atoms. The van der Waals surface area contributed by atoms with Gasteiger partial charge in [-0.2, -0.15) is 13.2 Å². The fraction of sp³-hybridized carbons (Fsp3) is 0.688. The average Bonchev–Trinajstić information content (AvgIpc) is 2.74. The standard InChI is InChI=1S/C16H24F3N5O2/c1-9(2)7-10(13(20)25)21-14(26)12-11-8-23(3)5-4-6-24(11)15(22-12)16(17,18)19/h9-10H,4-8H2,1-3H3,(H2,20,25)(H,21,26). The monoisotopic (exact) mass is 375 g/mol. The fourth-order valence-electron chi connectivity index (χ4n) is 3.06. The second kappa shape index (κ2) is 7.65. The summed E-state index contributed by atoms with van der Waals surface area (Å²) in [6.07, 6.45) is -3.86. The van der Waals surface area contributed by atoms with Crippen molar-refractivity contribution >= 4 is 11.8 Å². The lowest BCUT2D eigenvalue weighted by molar-refractivity contribution is -0.147. The third-order valence-electron chi connectivity index (χ3n) is 4.24. The number of nitrogens with one attached hydrogen (secondary N) is 1. The first-order valence-corrected chi connectivity index (χ1v) is 8.46. The molecule has 0 spiro atoms. The van der Waals surface area contributed by atoms with Crippen molar-refractivity contribution in [2.75, 3.05) is 13.6 Å². The first-order chi connectivity index (χ1) is 12.0. The molecule has 1 aromatic rings. The van der Waals surface area contributed by atoms with E-state index >= 15 is 0 Å². The van der Waals surface area contributed by atoms with Crippen molar-refractivity contribution in [2.24, 2.45) is 11.7 Å². The zero-order chi connectivity index (χ0) is 19.6. The summed E-state index contributed by atoms with van der Waals surface area (Å²) in [5, 5.41) is 2.44. The molecular formula is C16H24F3N5O2. The van der Waals surface area contributed by atoms with Crippen LogP contribution in [-0.4, -0.2) is 45.9 Å². The van der Waals surface area contributed by atoms with Crippen LogP contribution >= 0.6 is 0 Å². The van der Waals surface area contributed by atoms with Crippen LogP contribution in [0.2, 0.25) is 0 Å². The Kier molecular flexibility index (Phi) is 5.94. The van der Waals surface area contributed by atoms with Crippen LogP contribution in [-0.2, 0) is 24.1 Å². The minimum atomic E-state index is -4.67. The lowest BCUT2D eigenvalue weighted by atomic mass is 10.0. The molecule has 0 fully saturated rings. The second-order valence-corrected chi connectivity index (χ2v) is 7.03. The van der Waals surface area contributed by atoms with Crippen molar-refractivity contribution in [3.05, 3.63) is 17.2 Å². The Bertz CT molecular complexity index is 684. The van der Waals surface area contributed by atoms with E-state index in [0.29, 0.717) is 19.4 Å². The molecule has 2 heterocycles. The molecule has 2 rings (SSSR count). The number of aromatic nitrogens is 2. The molecule has 0 aliphatic carbocycles. The summed E-state index contributed by atoms with van der Waals surface area (Å²) in [5.74, 6) is -2.56. The summed E-state index contributed by atoms with van der Waals surface area (Å²) in [6, 6.07) is -0.960. The molecule has 2 amide bonds. The Hall–Kier alpha value is -2.10. The van der Waals surface area contributed by atoms with Gasteiger partial charge >= 0.3 is 6.18 Å². The third kappa shape index (κ3) is 4.54. The quantitative estimate of drug-likeness (QED) is 0.813. The highest BCUT2D eigenvalue weighted by Gasteiger charge is 2.40. The zero-order valence-electron chi connectivity index (χ0n) is 15.1. The molecule has 10 heteroatoms. The van der Waals surface area contributed by atoms with Crippen molar-refractivity contribution < 1.29 is 22.8 Å². The molecule has 1 unspecified atom stereocenters. The van der Waals surface area contributed by atoms with E-state index in [1.807, 2.05) is 18.7 Å². The summed E-state index contributed by atoms with van der Waals surface area (Å²) < 4.78 is 41.1. The molecule has 0 radical (unpaired) electrons. The Morgan fingerprint density at radius 3 is 2.50 bits per heavy atom. The lowest BCUT2D eigenvalue weighted by Gasteiger charge is -2.18. The molecule has 0 saturated carbocycles. The molecule has 7 nitrogen and oxygen atoms in total. The van der Waals surface area contributed by atoms with E-state index in [4.69, 9.17) is 5.73 Å². The molecule has 146 valence electrons. The van der Waals surface area contributed by atoms with Gasteiger partial charge < -0.3 is 20.5 Å². The van der Waals surface area contributed by atoms with Crippen LogP contribution in [0, 0.1) is 5.92 Å². The van der Waals surface area contributed by atoms with Gasteiger partial charge in [-0.05, 0) is 32.4 Å². The number of alkyl halides is 3. The highest BCUT2D eigenvalue weighted by atomic mass is 19.4. The van der Waals surface area contributed by atoms with E-state index in [0.717, 1.165) is 4.57 Å². The Morgan fingerprint density at radius 1 is 1.31 bits per heavy atom. The van der Waals surface area contributed by atoms with Crippen molar-refractivity contribution in [3.8, 4) is 0 Å². The van der Waals surface area contributed by atoms with Crippen molar-refractivity contribution in [3.63, 3.8) is 0 Å². The van der Waals surface area contributed by atoms with E-state index < -0.39 is 29.9 Å². The third-order valence-corrected chi connectivity index (χ3v) is 4.24. The Morgan fingerprint density at radius 2 is 1.96 bits per heavy atom. The number of fused-ring (bicyclic) bond motifs is 1. The number of carbonyl (C=O) groups is 2. The maximum absolute atomic E-state index is 13.3. The number of carbonyl (C=O) groups excluding carboxylic acids is 2. The minimum Gasteiger partial charge on any atom is -0.368 e. The molecule has 0 saturated heterocycles. The molecule has 1 aliphatic rings. The van der Waals surface area contributed by atoms with Gasteiger partial charge in [0.25, 0.3) is 5.91 Å². The number of amides is 2. The van der Waals surface area contributed by atoms with Gasteiger partial charge in [0.1, 0.15) is 6.04 Å². The smallest absolute Gasteiger partial charge is 0.368 e. The van der Waals surface area contributed by atoms with E-state index in [-0.39, 0.29) is 30.4 Å². The van der Waals surface area contributed by atoms with Gasteiger partial charge in [-0.1, -0.05) is 13.8 Å². The highest BCUT2D eigenvalue weighted by molar-refractivity contribution is 5.96. The second-order valence-electron chi connectivity index (χ2n) is 7.03. The number of nitrogens with two attached hydrogens (primary N) is 1. The van der Waals surface area contributed by atoms with Crippen LogP contribution in [0.1, 0.15) is 48.7 Å². The average molecular weight is 375 g/mol. The maximum atomic E-state index is 13.3. The summed E-state index contributed by atoms with van der Waals surface area (Å²) in [7, 11) is 1.77. The maximum Gasteiger partial charge on any atom is 0.449 e. The SMILES string of the molecule is CC(C)CC(NC(=O)c1nc(C(F)(F)F)n2c1CN(C)CCC2)C(N)=O. The number of nitrogens with zero attached hydrogens (tertiary/aromatic N) is 3. The number of hydrogen-bond acceptors (Lipinski definition) is 4. The molecule has 1 aromatic heterocycles. The number of hydrogen-bond donors (Lipinski definition) is 2. The van der Waals surface area contributed by atoms with Crippen molar-refractivity contribution in [1.82, 2.24) is 19.8 Å². The van der Waals surface area contributed by atoms with E-state index in [2.05, 4.69) is 10.3 Å². The molecule has 0 aromatic carbocycles. The topological polar surface area (TPSA) is 93.2 Å². The summed E-state index contributed by atoms with van der Waals surface area (Å²) in [5.41, 5.74) is 5.20. The molecule has 1 atom stereocenters. The van der Waals surface area contributed by atoms with Gasteiger partial charge in [0.05, 0.1) is 5.69 Å². The summed E-state index contributed by atoms with van der Waals surface area (Å²) in [4.78, 5) is 29.6. The predicted octanol–water partition coefficient (Wildman–Crippen LogP) is 1.37. The Balaban J connectivity index is 2.40. The van der Waals surface area contributed by atoms with Crippen molar-refractivity contribution in [1.29, 1.82) is 0 Å².